The van der Waals surface area contributed by atoms with Gasteiger partial charge in [-0.05, 0) is 18.2 Å². The summed E-state index contributed by atoms with van der Waals surface area (Å²) in [5, 5.41) is 18.3. The molecule has 2 aromatic rings. The molecule has 16 heavy (non-hydrogen) atoms. The second-order valence-electron chi connectivity index (χ2n) is 3.42. The maximum absolute atomic E-state index is 9.18. The predicted molar refractivity (Wildman–Crippen MR) is 58.6 cm³/mol. The Morgan fingerprint density at radius 1 is 1.31 bits per heavy atom. The molecule has 3 N–H and O–H groups in total. The molecule has 0 amide bonds. The molecule has 0 unspecified atom stereocenters. The van der Waals surface area contributed by atoms with Crippen LogP contribution < -0.4 is 10.9 Å². The Balaban J connectivity index is 2.05. The molecule has 2 heterocycles. The van der Waals surface area contributed by atoms with Crippen LogP contribution in [0.2, 0.25) is 5.02 Å². The van der Waals surface area contributed by atoms with Crippen LogP contribution in [0.3, 0.4) is 0 Å². The van der Waals surface area contributed by atoms with Crippen LogP contribution in [-0.4, -0.2) is 20.1 Å². The van der Waals surface area contributed by atoms with E-state index in [-0.39, 0.29) is 12.0 Å². The fraction of sp³-hybridized carbons (Fsp3) is 0.111. The summed E-state index contributed by atoms with van der Waals surface area (Å²) in [5.41, 5.74) is 6.85. The van der Waals surface area contributed by atoms with Crippen LogP contribution in [-0.2, 0) is 0 Å². The highest BCUT2D eigenvalue weighted by Crippen LogP contribution is 2.17. The number of aromatic nitrogens is 3. The first kappa shape index (κ1) is 9.44. The van der Waals surface area contributed by atoms with Crippen LogP contribution >= 0.6 is 11.6 Å². The van der Waals surface area contributed by atoms with Gasteiger partial charge in [-0.1, -0.05) is 11.6 Å². The van der Waals surface area contributed by atoms with E-state index in [4.69, 9.17) is 11.6 Å². The molecule has 0 fully saturated rings. The molecule has 0 spiro atoms. The fourth-order valence-electron chi connectivity index (χ4n) is 1.53. The van der Waals surface area contributed by atoms with Gasteiger partial charge in [0.05, 0.1) is 0 Å². The number of rotatable bonds is 1. The lowest BCUT2D eigenvalue weighted by atomic mass is 10.3. The smallest absolute Gasteiger partial charge is 0.198 e. The summed E-state index contributed by atoms with van der Waals surface area (Å²) in [6.45, 7) is 0. The summed E-state index contributed by atoms with van der Waals surface area (Å²) in [4.78, 5) is 1.47. The zero-order valence-electron chi connectivity index (χ0n) is 8.05. The van der Waals surface area contributed by atoms with E-state index in [0.717, 1.165) is 5.52 Å². The van der Waals surface area contributed by atoms with Gasteiger partial charge in [0.1, 0.15) is 11.0 Å². The predicted octanol–water partition coefficient (Wildman–Crippen LogP) is 1.09. The quantitative estimate of drug-likeness (QED) is 0.692. The lowest BCUT2D eigenvalue weighted by molar-refractivity contribution is 0.340. The third-order valence-electron chi connectivity index (χ3n) is 2.27. The molecule has 1 aromatic heterocycles. The van der Waals surface area contributed by atoms with Crippen molar-refractivity contribution < 1.29 is 5.11 Å². The number of nitrogens with zero attached hydrogens (tertiary/aromatic N) is 3. The molecule has 82 valence electrons. The van der Waals surface area contributed by atoms with Crippen LogP contribution in [0.15, 0.2) is 30.2 Å². The maximum Gasteiger partial charge on any atom is 0.198 e. The highest BCUT2D eigenvalue weighted by atomic mass is 35.5. The Labute approximate surface area is 95.5 Å². The number of aliphatic hydroxyl groups excluding tert-OH is 1. The van der Waals surface area contributed by atoms with Crippen molar-refractivity contribution in [1.29, 1.82) is 0 Å². The normalized spacial score (nSPS) is 19.8. The molecule has 1 aromatic carbocycles. The number of fused-ring (bicyclic) bond motifs is 1. The molecular formula is C9H8ClN5O. The van der Waals surface area contributed by atoms with Crippen LogP contribution in [0.25, 0.3) is 11.0 Å². The molecule has 7 heteroatoms. The standard InChI is InChI=1S/C9H8ClN5O/c10-5-1-2-6-7(3-5)14-15(13-6)8-4-9(16)12-11-8/h1-4,8,11-12,16H/t8-/m1/s1. The highest BCUT2D eigenvalue weighted by molar-refractivity contribution is 6.31. The van der Waals surface area contributed by atoms with Crippen molar-refractivity contribution in [2.75, 3.05) is 0 Å². The molecule has 0 saturated carbocycles. The van der Waals surface area contributed by atoms with Crippen molar-refractivity contribution in [3.05, 3.63) is 35.2 Å². The Morgan fingerprint density at radius 2 is 2.12 bits per heavy atom. The average Bonchev–Trinajstić information content (AvgIpc) is 2.83. The average molecular weight is 238 g/mol. The van der Waals surface area contributed by atoms with Gasteiger partial charge < -0.3 is 5.11 Å². The van der Waals surface area contributed by atoms with Crippen LogP contribution in [0.4, 0.5) is 0 Å². The Bertz CT molecular complexity index is 578. The number of nitrogens with one attached hydrogen (secondary N) is 2. The summed E-state index contributed by atoms with van der Waals surface area (Å²) >= 11 is 5.85. The van der Waals surface area contributed by atoms with Crippen LogP contribution in [0.1, 0.15) is 6.17 Å². The van der Waals surface area contributed by atoms with Crippen LogP contribution in [0.5, 0.6) is 0 Å². The van der Waals surface area contributed by atoms with Crippen molar-refractivity contribution in [1.82, 2.24) is 25.8 Å². The summed E-state index contributed by atoms with van der Waals surface area (Å²) < 4.78 is 0. The zero-order chi connectivity index (χ0) is 11.1. The van der Waals surface area contributed by atoms with Crippen LogP contribution in [0, 0.1) is 0 Å². The lowest BCUT2D eigenvalue weighted by Gasteiger charge is -2.05. The van der Waals surface area contributed by atoms with Crippen molar-refractivity contribution in [2.24, 2.45) is 0 Å². The molecule has 1 aliphatic rings. The monoisotopic (exact) mass is 237 g/mol. The molecule has 0 saturated heterocycles. The molecule has 1 atom stereocenters. The van der Waals surface area contributed by atoms with E-state index < -0.39 is 0 Å². The van der Waals surface area contributed by atoms with Gasteiger partial charge in [0.15, 0.2) is 12.0 Å². The largest absolute Gasteiger partial charge is 0.494 e. The first-order chi connectivity index (χ1) is 7.72. The second-order valence-corrected chi connectivity index (χ2v) is 3.86. The first-order valence-corrected chi connectivity index (χ1v) is 5.04. The number of aliphatic hydroxyl groups is 1. The molecule has 3 rings (SSSR count). The van der Waals surface area contributed by atoms with Gasteiger partial charge in [-0.2, -0.15) is 15.0 Å². The number of benzene rings is 1. The van der Waals surface area contributed by atoms with Gasteiger partial charge in [0.25, 0.3) is 0 Å². The molecule has 0 radical (unpaired) electrons. The minimum atomic E-state index is -0.300. The molecule has 1 aliphatic heterocycles. The summed E-state index contributed by atoms with van der Waals surface area (Å²) in [6, 6.07) is 5.30. The van der Waals surface area contributed by atoms with Crippen molar-refractivity contribution >= 4 is 22.6 Å². The second kappa shape index (κ2) is 3.36. The van der Waals surface area contributed by atoms with Gasteiger partial charge in [0.2, 0.25) is 0 Å². The van der Waals surface area contributed by atoms with Crippen molar-refractivity contribution in [2.45, 2.75) is 6.17 Å². The van der Waals surface area contributed by atoms with Gasteiger partial charge >= 0.3 is 0 Å². The maximum atomic E-state index is 9.18. The van der Waals surface area contributed by atoms with E-state index in [1.54, 1.807) is 24.3 Å². The summed E-state index contributed by atoms with van der Waals surface area (Å²) in [6.07, 6.45) is 1.27. The lowest BCUT2D eigenvalue weighted by Crippen LogP contribution is -2.31. The van der Waals surface area contributed by atoms with Crippen molar-refractivity contribution in [3.8, 4) is 0 Å². The Morgan fingerprint density at radius 3 is 2.88 bits per heavy atom. The Hall–Kier alpha value is -1.79. The van der Waals surface area contributed by atoms with E-state index in [1.165, 1.54) is 4.80 Å². The molecule has 0 bridgehead atoms. The molecule has 0 aliphatic carbocycles. The third kappa shape index (κ3) is 1.48. The highest BCUT2D eigenvalue weighted by Gasteiger charge is 2.17. The fourth-order valence-corrected chi connectivity index (χ4v) is 1.70. The van der Waals surface area contributed by atoms with E-state index in [1.807, 2.05) is 0 Å². The van der Waals surface area contributed by atoms with Crippen molar-refractivity contribution in [3.63, 3.8) is 0 Å². The van der Waals surface area contributed by atoms with E-state index in [0.29, 0.717) is 10.5 Å². The minimum Gasteiger partial charge on any atom is -0.494 e. The number of halogens is 1. The number of hydrogen-bond acceptors (Lipinski definition) is 5. The van der Waals surface area contributed by atoms with E-state index >= 15 is 0 Å². The van der Waals surface area contributed by atoms with Gasteiger partial charge in [-0.3, -0.25) is 5.43 Å². The summed E-state index contributed by atoms with van der Waals surface area (Å²) in [7, 11) is 0. The first-order valence-electron chi connectivity index (χ1n) is 4.67. The number of hydrazine groups is 1. The van der Waals surface area contributed by atoms with E-state index in [2.05, 4.69) is 21.0 Å². The Kier molecular flexibility index (Phi) is 1.98. The molecular weight excluding hydrogens is 230 g/mol. The van der Waals surface area contributed by atoms with E-state index in [9.17, 15) is 5.11 Å². The topological polar surface area (TPSA) is 75.0 Å². The SMILES string of the molecule is OC1=C[C@@H](n2nc3ccc(Cl)cc3n2)NN1. The van der Waals surface area contributed by atoms with Gasteiger partial charge in [-0.15, -0.1) is 0 Å². The van der Waals surface area contributed by atoms with Gasteiger partial charge in [-0.25, -0.2) is 5.43 Å². The van der Waals surface area contributed by atoms with Gasteiger partial charge in [0, 0.05) is 11.1 Å². The molecule has 6 nitrogen and oxygen atoms in total. The summed E-state index contributed by atoms with van der Waals surface area (Å²) in [5.74, 6) is 0.0596. The minimum absolute atomic E-state index is 0.0596. The third-order valence-corrected chi connectivity index (χ3v) is 2.51. The number of hydrogen-bond donors (Lipinski definition) is 3. The zero-order valence-corrected chi connectivity index (χ0v) is 8.81.